The second-order valence-electron chi connectivity index (χ2n) is 4.46. The van der Waals surface area contributed by atoms with Gasteiger partial charge in [0, 0.05) is 17.1 Å². The maximum atomic E-state index is 12.7. The molecule has 0 radical (unpaired) electrons. The van der Waals surface area contributed by atoms with Crippen LogP contribution in [0.1, 0.15) is 21.5 Å². The summed E-state index contributed by atoms with van der Waals surface area (Å²) in [5.41, 5.74) is 0.531. The number of carbonyl (C=O) groups excluding carboxylic acids is 2. The molecule has 110 valence electrons. The number of benzene rings is 1. The summed E-state index contributed by atoms with van der Waals surface area (Å²) in [5, 5.41) is 5.32. The first kappa shape index (κ1) is 15.2. The summed E-state index contributed by atoms with van der Waals surface area (Å²) in [6, 6.07) is 8.89. The highest BCUT2D eigenvalue weighted by atomic mass is 32.1. The number of hydrogen-bond acceptors (Lipinski definition) is 3. The topological polar surface area (TPSA) is 58.2 Å². The van der Waals surface area contributed by atoms with Gasteiger partial charge < -0.3 is 10.6 Å². The summed E-state index contributed by atoms with van der Waals surface area (Å²) in [5.74, 6) is -0.298. The Hall–Kier alpha value is -2.21. The molecule has 0 atom stereocenters. The molecule has 0 fully saturated rings. The largest absolute Gasteiger partial charge is 0.338 e. The highest BCUT2D eigenvalue weighted by Gasteiger charge is 2.05. The molecule has 0 spiro atoms. The third-order valence-electron chi connectivity index (χ3n) is 2.77. The zero-order valence-corrected chi connectivity index (χ0v) is 12.3. The fourth-order valence-corrected chi connectivity index (χ4v) is 2.61. The summed E-state index contributed by atoms with van der Waals surface area (Å²) in [6.07, 6.45) is 0.661. The van der Waals surface area contributed by atoms with Crippen molar-refractivity contribution in [1.82, 2.24) is 5.32 Å². The van der Waals surface area contributed by atoms with E-state index < -0.39 is 0 Å². The van der Waals surface area contributed by atoms with Crippen LogP contribution < -0.4 is 10.6 Å². The number of carbonyl (C=O) groups is 2. The maximum absolute atomic E-state index is 12.7. The molecule has 0 bridgehead atoms. The van der Waals surface area contributed by atoms with Crippen LogP contribution in [0.15, 0.2) is 36.4 Å². The van der Waals surface area contributed by atoms with Crippen molar-refractivity contribution in [2.45, 2.75) is 13.3 Å². The number of hydrogen-bond donors (Lipinski definition) is 2. The van der Waals surface area contributed by atoms with Crippen LogP contribution in [0.5, 0.6) is 0 Å². The van der Waals surface area contributed by atoms with Crippen molar-refractivity contribution in [2.24, 2.45) is 0 Å². The number of nitrogens with one attached hydrogen (secondary N) is 2. The normalized spacial score (nSPS) is 10.2. The van der Waals surface area contributed by atoms with E-state index in [1.165, 1.54) is 42.5 Å². The van der Waals surface area contributed by atoms with Gasteiger partial charge in [0.2, 0.25) is 0 Å². The molecule has 0 saturated carbocycles. The molecule has 0 aliphatic rings. The SMILES string of the molecule is CC(=O)c1ccc(CCNC(=O)Nc2ccc(F)cc2)s1. The number of halogens is 1. The van der Waals surface area contributed by atoms with E-state index in [1.54, 1.807) is 6.07 Å². The zero-order valence-electron chi connectivity index (χ0n) is 11.5. The molecule has 6 heteroatoms. The van der Waals surface area contributed by atoms with E-state index in [4.69, 9.17) is 0 Å². The minimum atomic E-state index is -0.347. The molecule has 21 heavy (non-hydrogen) atoms. The van der Waals surface area contributed by atoms with Gasteiger partial charge in [-0.2, -0.15) is 0 Å². The first-order chi connectivity index (χ1) is 10.0. The van der Waals surface area contributed by atoms with E-state index in [0.29, 0.717) is 18.7 Å². The molecular formula is C15H15FN2O2S. The van der Waals surface area contributed by atoms with Gasteiger partial charge >= 0.3 is 6.03 Å². The number of amides is 2. The minimum Gasteiger partial charge on any atom is -0.338 e. The van der Waals surface area contributed by atoms with E-state index in [-0.39, 0.29) is 17.6 Å². The van der Waals surface area contributed by atoms with Crippen molar-refractivity contribution in [2.75, 3.05) is 11.9 Å². The van der Waals surface area contributed by atoms with Crippen molar-refractivity contribution in [1.29, 1.82) is 0 Å². The Morgan fingerprint density at radius 1 is 1.14 bits per heavy atom. The Labute approximate surface area is 126 Å². The number of ketones is 1. The smallest absolute Gasteiger partial charge is 0.319 e. The first-order valence-electron chi connectivity index (χ1n) is 6.44. The van der Waals surface area contributed by atoms with Crippen LogP contribution in [0.4, 0.5) is 14.9 Å². The second-order valence-corrected chi connectivity index (χ2v) is 5.63. The van der Waals surface area contributed by atoms with Crippen molar-refractivity contribution in [3.8, 4) is 0 Å². The van der Waals surface area contributed by atoms with E-state index in [0.717, 1.165) is 9.75 Å². The molecule has 2 aromatic rings. The van der Waals surface area contributed by atoms with Gasteiger partial charge in [-0.15, -0.1) is 11.3 Å². The van der Waals surface area contributed by atoms with Gasteiger partial charge in [0.05, 0.1) is 4.88 Å². The molecule has 1 aromatic carbocycles. The summed E-state index contributed by atoms with van der Waals surface area (Å²) in [4.78, 5) is 24.6. The third-order valence-corrected chi connectivity index (χ3v) is 4.01. The van der Waals surface area contributed by atoms with E-state index in [1.807, 2.05) is 6.07 Å². The van der Waals surface area contributed by atoms with Crippen LogP contribution >= 0.6 is 11.3 Å². The van der Waals surface area contributed by atoms with E-state index in [9.17, 15) is 14.0 Å². The molecule has 0 unspecified atom stereocenters. The van der Waals surface area contributed by atoms with Crippen molar-refractivity contribution in [3.63, 3.8) is 0 Å². The van der Waals surface area contributed by atoms with Gasteiger partial charge in [-0.3, -0.25) is 4.79 Å². The molecule has 2 rings (SSSR count). The molecule has 1 aromatic heterocycles. The Kier molecular flexibility index (Phi) is 5.05. The number of urea groups is 1. The lowest BCUT2D eigenvalue weighted by molar-refractivity contribution is 0.102. The zero-order chi connectivity index (χ0) is 15.2. The van der Waals surface area contributed by atoms with Gasteiger partial charge in [0.1, 0.15) is 5.82 Å². The third kappa shape index (κ3) is 4.68. The lowest BCUT2D eigenvalue weighted by atomic mass is 10.3. The van der Waals surface area contributed by atoms with E-state index >= 15 is 0 Å². The predicted molar refractivity (Wildman–Crippen MR) is 81.4 cm³/mol. The fourth-order valence-electron chi connectivity index (χ4n) is 1.71. The second kappa shape index (κ2) is 6.99. The molecule has 2 amide bonds. The Morgan fingerprint density at radius 3 is 2.48 bits per heavy atom. The van der Waals surface area contributed by atoms with Crippen LogP contribution in [0, 0.1) is 5.82 Å². The molecule has 1 heterocycles. The van der Waals surface area contributed by atoms with Gasteiger partial charge in [0.15, 0.2) is 5.78 Å². The Balaban J connectivity index is 1.76. The van der Waals surface area contributed by atoms with Crippen molar-refractivity contribution < 1.29 is 14.0 Å². The van der Waals surface area contributed by atoms with E-state index in [2.05, 4.69) is 10.6 Å². The fraction of sp³-hybridized carbons (Fsp3) is 0.200. The average Bonchev–Trinajstić information content (AvgIpc) is 2.90. The maximum Gasteiger partial charge on any atom is 0.319 e. The summed E-state index contributed by atoms with van der Waals surface area (Å²) >= 11 is 1.44. The quantitative estimate of drug-likeness (QED) is 0.831. The molecule has 4 nitrogen and oxygen atoms in total. The van der Waals surface area contributed by atoms with Gasteiger partial charge in [0.25, 0.3) is 0 Å². The number of Topliss-reactive ketones (excluding diaryl/α,β-unsaturated/α-hetero) is 1. The standard InChI is InChI=1S/C15H15FN2O2S/c1-10(19)14-7-6-13(21-14)8-9-17-15(20)18-12-4-2-11(16)3-5-12/h2-7H,8-9H2,1H3,(H2,17,18,20). The van der Waals surface area contributed by atoms with Crippen LogP contribution in [0.3, 0.4) is 0 Å². The summed E-state index contributed by atoms with van der Waals surface area (Å²) < 4.78 is 12.7. The Bertz CT molecular complexity index is 637. The molecule has 0 saturated heterocycles. The average molecular weight is 306 g/mol. The van der Waals surface area contributed by atoms with Gasteiger partial charge in [-0.1, -0.05) is 0 Å². The molecule has 0 aliphatic heterocycles. The monoisotopic (exact) mass is 306 g/mol. The lowest BCUT2D eigenvalue weighted by Gasteiger charge is -2.06. The number of thiophene rings is 1. The minimum absolute atomic E-state index is 0.0493. The van der Waals surface area contributed by atoms with Gasteiger partial charge in [-0.25, -0.2) is 9.18 Å². The van der Waals surface area contributed by atoms with Crippen molar-refractivity contribution in [3.05, 3.63) is 52.0 Å². The molecule has 2 N–H and O–H groups in total. The number of rotatable bonds is 5. The predicted octanol–water partition coefficient (Wildman–Crippen LogP) is 3.45. The van der Waals surface area contributed by atoms with Crippen LogP contribution in [0.25, 0.3) is 0 Å². The highest BCUT2D eigenvalue weighted by Crippen LogP contribution is 2.17. The van der Waals surface area contributed by atoms with Gasteiger partial charge in [-0.05, 0) is 49.7 Å². The summed E-state index contributed by atoms with van der Waals surface area (Å²) in [6.45, 7) is 1.99. The Morgan fingerprint density at radius 2 is 1.86 bits per heavy atom. The van der Waals surface area contributed by atoms with Crippen LogP contribution in [-0.4, -0.2) is 18.4 Å². The lowest BCUT2D eigenvalue weighted by Crippen LogP contribution is -2.30. The molecular weight excluding hydrogens is 291 g/mol. The van der Waals surface area contributed by atoms with Crippen LogP contribution in [-0.2, 0) is 6.42 Å². The summed E-state index contributed by atoms with van der Waals surface area (Å²) in [7, 11) is 0. The highest BCUT2D eigenvalue weighted by molar-refractivity contribution is 7.14. The van der Waals surface area contributed by atoms with Crippen molar-refractivity contribution >= 4 is 28.8 Å². The molecule has 0 aliphatic carbocycles. The van der Waals surface area contributed by atoms with Crippen LogP contribution in [0.2, 0.25) is 0 Å². The number of anilines is 1. The first-order valence-corrected chi connectivity index (χ1v) is 7.26.